The van der Waals surface area contributed by atoms with Gasteiger partial charge in [-0.1, -0.05) is 29.3 Å². The fourth-order valence-electron chi connectivity index (χ4n) is 1.29. The Morgan fingerprint density at radius 2 is 1.64 bits per heavy atom. The summed E-state index contributed by atoms with van der Waals surface area (Å²) in [6.45, 7) is 8.33. The molecule has 1 radical (unpaired) electrons. The van der Waals surface area contributed by atoms with E-state index in [1.807, 2.05) is 0 Å². The molecule has 11 heavy (non-hydrogen) atoms. The highest BCUT2D eigenvalue weighted by molar-refractivity contribution is 6.12. The van der Waals surface area contributed by atoms with E-state index < -0.39 is 0 Å². The molecule has 0 spiro atoms. The smallest absolute Gasteiger partial charge is 0.0123 e. The van der Waals surface area contributed by atoms with Crippen molar-refractivity contribution >= 4 is 10.2 Å². The van der Waals surface area contributed by atoms with Gasteiger partial charge in [0.1, 0.15) is 0 Å². The SMILES string of the molecule is [CH2]C([SiH3])c1cc(C)cc(C)c1. The van der Waals surface area contributed by atoms with Gasteiger partial charge in [0.25, 0.3) is 0 Å². The van der Waals surface area contributed by atoms with Gasteiger partial charge in [-0.05, 0) is 31.9 Å². The van der Waals surface area contributed by atoms with Crippen molar-refractivity contribution < 1.29 is 0 Å². The van der Waals surface area contributed by atoms with Crippen molar-refractivity contribution in [3.05, 3.63) is 41.8 Å². The maximum atomic E-state index is 4.05. The number of rotatable bonds is 1. The van der Waals surface area contributed by atoms with Crippen molar-refractivity contribution in [1.29, 1.82) is 0 Å². The maximum absolute atomic E-state index is 4.05. The third kappa shape index (κ3) is 2.19. The van der Waals surface area contributed by atoms with Crippen LogP contribution in [0, 0.1) is 20.8 Å². The molecular formula is C10H15Si. The van der Waals surface area contributed by atoms with Crippen molar-refractivity contribution in [3.63, 3.8) is 0 Å². The van der Waals surface area contributed by atoms with E-state index in [0.717, 1.165) is 10.2 Å². The van der Waals surface area contributed by atoms with Crippen molar-refractivity contribution in [1.82, 2.24) is 0 Å². The van der Waals surface area contributed by atoms with Gasteiger partial charge in [-0.2, -0.15) is 0 Å². The second kappa shape index (κ2) is 3.22. The van der Waals surface area contributed by atoms with Crippen molar-refractivity contribution in [2.24, 2.45) is 0 Å². The lowest BCUT2D eigenvalue weighted by Crippen LogP contribution is -1.93. The van der Waals surface area contributed by atoms with Gasteiger partial charge < -0.3 is 0 Å². The molecule has 1 aromatic carbocycles. The molecule has 1 unspecified atom stereocenters. The second-order valence-corrected chi connectivity index (χ2v) is 4.72. The van der Waals surface area contributed by atoms with Crippen LogP contribution in [0.2, 0.25) is 0 Å². The van der Waals surface area contributed by atoms with Crippen LogP contribution in [0.25, 0.3) is 0 Å². The Bertz CT molecular complexity index is 231. The second-order valence-electron chi connectivity index (χ2n) is 3.32. The van der Waals surface area contributed by atoms with E-state index in [2.05, 4.69) is 39.0 Å². The average molecular weight is 163 g/mol. The minimum absolute atomic E-state index is 0.536. The van der Waals surface area contributed by atoms with Gasteiger partial charge in [0, 0.05) is 10.2 Å². The van der Waals surface area contributed by atoms with Crippen molar-refractivity contribution in [2.45, 2.75) is 19.4 Å². The molecule has 1 rings (SSSR count). The summed E-state index contributed by atoms with van der Waals surface area (Å²) in [7, 11) is 1.14. The first-order valence-electron chi connectivity index (χ1n) is 4.01. The van der Waals surface area contributed by atoms with E-state index >= 15 is 0 Å². The quantitative estimate of drug-likeness (QED) is 0.551. The molecule has 0 amide bonds. The van der Waals surface area contributed by atoms with Crippen LogP contribution in [0.5, 0.6) is 0 Å². The number of hydrogen-bond acceptors (Lipinski definition) is 0. The van der Waals surface area contributed by atoms with Crippen LogP contribution in [0.15, 0.2) is 18.2 Å². The van der Waals surface area contributed by atoms with Gasteiger partial charge in [-0.3, -0.25) is 0 Å². The van der Waals surface area contributed by atoms with Gasteiger partial charge in [0.2, 0.25) is 0 Å². The van der Waals surface area contributed by atoms with Gasteiger partial charge in [-0.25, -0.2) is 0 Å². The summed E-state index contributed by atoms with van der Waals surface area (Å²) in [5, 5.41) is 0. The number of benzene rings is 1. The first-order chi connectivity index (χ1) is 5.09. The van der Waals surface area contributed by atoms with E-state index in [4.69, 9.17) is 0 Å². The average Bonchev–Trinajstić information content (AvgIpc) is 1.85. The lowest BCUT2D eigenvalue weighted by Gasteiger charge is -2.07. The molecule has 0 aliphatic carbocycles. The molecule has 59 valence electrons. The molecule has 0 nitrogen and oxygen atoms in total. The Morgan fingerprint density at radius 1 is 1.18 bits per heavy atom. The Morgan fingerprint density at radius 3 is 2.00 bits per heavy atom. The lowest BCUT2D eigenvalue weighted by atomic mass is 10.1. The molecule has 0 aliphatic rings. The van der Waals surface area contributed by atoms with E-state index in [9.17, 15) is 0 Å². The first kappa shape index (κ1) is 8.53. The Labute approximate surface area is 72.1 Å². The molecule has 0 fully saturated rings. The summed E-state index contributed by atoms with van der Waals surface area (Å²) in [5.74, 6) is 0. The molecule has 0 aliphatic heterocycles. The topological polar surface area (TPSA) is 0 Å². The first-order valence-corrected chi connectivity index (χ1v) is 5.16. The Balaban J connectivity index is 3.08. The predicted molar refractivity (Wildman–Crippen MR) is 54.0 cm³/mol. The van der Waals surface area contributed by atoms with Crippen LogP contribution in [-0.4, -0.2) is 10.2 Å². The number of aryl methyl sites for hydroxylation is 2. The van der Waals surface area contributed by atoms with Crippen LogP contribution in [0.4, 0.5) is 0 Å². The van der Waals surface area contributed by atoms with E-state index in [-0.39, 0.29) is 0 Å². The van der Waals surface area contributed by atoms with Gasteiger partial charge in [0.05, 0.1) is 0 Å². The predicted octanol–water partition coefficient (Wildman–Crippen LogP) is 1.54. The van der Waals surface area contributed by atoms with Gasteiger partial charge in [-0.15, -0.1) is 0 Å². The largest absolute Gasteiger partial charge is 0.0564 e. The molecule has 1 atom stereocenters. The maximum Gasteiger partial charge on any atom is 0.0123 e. The monoisotopic (exact) mass is 163 g/mol. The molecule has 1 aromatic rings. The molecule has 0 saturated carbocycles. The molecule has 1 heteroatoms. The Kier molecular flexibility index (Phi) is 2.50. The molecule has 0 heterocycles. The zero-order valence-corrected chi connectivity index (χ0v) is 9.52. The highest BCUT2D eigenvalue weighted by Crippen LogP contribution is 2.14. The van der Waals surface area contributed by atoms with Crippen molar-refractivity contribution in [2.75, 3.05) is 0 Å². The summed E-state index contributed by atoms with van der Waals surface area (Å²) in [6, 6.07) is 6.67. The molecule has 0 bridgehead atoms. The van der Waals surface area contributed by atoms with Crippen molar-refractivity contribution in [3.8, 4) is 0 Å². The highest BCUT2D eigenvalue weighted by atomic mass is 28.1. The summed E-state index contributed by atoms with van der Waals surface area (Å²) in [6.07, 6.45) is 0. The fourth-order valence-corrected chi connectivity index (χ4v) is 1.63. The summed E-state index contributed by atoms with van der Waals surface area (Å²) < 4.78 is 0. The molecule has 0 saturated heterocycles. The van der Waals surface area contributed by atoms with Gasteiger partial charge >= 0.3 is 0 Å². The summed E-state index contributed by atoms with van der Waals surface area (Å²) in [5.41, 5.74) is 4.64. The van der Waals surface area contributed by atoms with E-state index in [1.54, 1.807) is 0 Å². The zero-order valence-electron chi connectivity index (χ0n) is 7.52. The van der Waals surface area contributed by atoms with Crippen LogP contribution >= 0.6 is 0 Å². The standard InChI is InChI=1S/C10H15Si/c1-7-4-8(2)6-10(5-7)9(3)11/h4-6,9H,3H2,1-2,11H3. The minimum Gasteiger partial charge on any atom is -0.0564 e. The normalized spacial score (nSPS) is 13.4. The third-order valence-corrected chi connectivity index (χ3v) is 2.48. The molecule has 0 aromatic heterocycles. The van der Waals surface area contributed by atoms with Crippen LogP contribution in [0.3, 0.4) is 0 Å². The van der Waals surface area contributed by atoms with Gasteiger partial charge in [0.15, 0.2) is 0 Å². The van der Waals surface area contributed by atoms with Crippen LogP contribution in [-0.2, 0) is 0 Å². The third-order valence-electron chi connectivity index (χ3n) is 1.81. The van der Waals surface area contributed by atoms with E-state index in [1.165, 1.54) is 16.7 Å². The summed E-state index contributed by atoms with van der Waals surface area (Å²) >= 11 is 0. The minimum atomic E-state index is 0.536. The molecule has 0 N–H and O–H groups in total. The number of hydrogen-bond donors (Lipinski definition) is 0. The molecular weight excluding hydrogens is 148 g/mol. The highest BCUT2D eigenvalue weighted by Gasteiger charge is 1.99. The van der Waals surface area contributed by atoms with E-state index in [0.29, 0.717) is 5.54 Å². The fraction of sp³-hybridized carbons (Fsp3) is 0.300. The van der Waals surface area contributed by atoms with Crippen LogP contribution < -0.4 is 0 Å². The lowest BCUT2D eigenvalue weighted by molar-refractivity contribution is 1.18. The summed E-state index contributed by atoms with van der Waals surface area (Å²) in [4.78, 5) is 0. The zero-order chi connectivity index (χ0) is 8.43. The Hall–Kier alpha value is -0.563. The van der Waals surface area contributed by atoms with Crippen LogP contribution in [0.1, 0.15) is 22.2 Å².